The number of amides is 1. The molecular formula is C14H16N2O4S. The zero-order valence-corrected chi connectivity index (χ0v) is 12.1. The van der Waals surface area contributed by atoms with Crippen LogP contribution in [0.1, 0.15) is 18.4 Å². The van der Waals surface area contributed by atoms with Gasteiger partial charge in [-0.05, 0) is 24.6 Å². The summed E-state index contributed by atoms with van der Waals surface area (Å²) in [7, 11) is -3.66. The lowest BCUT2D eigenvalue weighted by Gasteiger charge is -2.23. The van der Waals surface area contributed by atoms with Crippen molar-refractivity contribution in [2.45, 2.75) is 23.8 Å². The Hall–Kier alpha value is -1.88. The second kappa shape index (κ2) is 6.72. The fourth-order valence-corrected chi connectivity index (χ4v) is 3.32. The maximum atomic E-state index is 12.3. The first-order valence-corrected chi connectivity index (χ1v) is 7.98. The van der Waals surface area contributed by atoms with Gasteiger partial charge in [-0.2, -0.15) is 0 Å². The van der Waals surface area contributed by atoms with Gasteiger partial charge >= 0.3 is 0 Å². The number of piperidine rings is 1. The minimum atomic E-state index is -3.66. The highest BCUT2D eigenvalue weighted by atomic mass is 32.2. The van der Waals surface area contributed by atoms with Crippen LogP contribution in [0.2, 0.25) is 0 Å². The van der Waals surface area contributed by atoms with Crippen LogP contribution >= 0.6 is 0 Å². The smallest absolute Gasteiger partial charge is 0.240 e. The summed E-state index contributed by atoms with van der Waals surface area (Å²) in [5.41, 5.74) is 0.517. The zero-order chi connectivity index (χ0) is 15.3. The Balaban J connectivity index is 2.14. The Kier molecular flexibility index (Phi) is 4.96. The van der Waals surface area contributed by atoms with Crippen molar-refractivity contribution in [3.8, 4) is 11.8 Å². The fourth-order valence-electron chi connectivity index (χ4n) is 2.00. The van der Waals surface area contributed by atoms with E-state index < -0.39 is 10.0 Å². The van der Waals surface area contributed by atoms with Gasteiger partial charge in [-0.3, -0.25) is 4.79 Å². The van der Waals surface area contributed by atoms with E-state index in [0.717, 1.165) is 0 Å². The van der Waals surface area contributed by atoms with Crippen LogP contribution in [0.5, 0.6) is 0 Å². The standard InChI is InChI=1S/C14H16N2O4S/c17-8-2-4-11-3-1-5-13(9-11)21(19,20)16-12-6-7-14(18)15-10-12/h1,3,5,9,12,16-17H,6-8,10H2,(H,15,18). The Bertz CT molecular complexity index is 678. The summed E-state index contributed by atoms with van der Waals surface area (Å²) in [5, 5.41) is 11.3. The van der Waals surface area contributed by atoms with Crippen LogP contribution < -0.4 is 10.0 Å². The van der Waals surface area contributed by atoms with Crippen molar-refractivity contribution in [1.82, 2.24) is 10.0 Å². The number of rotatable bonds is 3. The molecule has 1 saturated heterocycles. The van der Waals surface area contributed by atoms with Gasteiger partial charge in [0.2, 0.25) is 15.9 Å². The van der Waals surface area contributed by atoms with Crippen molar-refractivity contribution in [3.05, 3.63) is 29.8 Å². The lowest BCUT2D eigenvalue weighted by atomic mass is 10.1. The monoisotopic (exact) mass is 308 g/mol. The molecule has 7 heteroatoms. The van der Waals surface area contributed by atoms with Crippen LogP contribution in [0.3, 0.4) is 0 Å². The first-order chi connectivity index (χ1) is 10.0. The molecule has 0 aliphatic carbocycles. The molecule has 1 aromatic carbocycles. The van der Waals surface area contributed by atoms with E-state index in [4.69, 9.17) is 5.11 Å². The van der Waals surface area contributed by atoms with Crippen molar-refractivity contribution in [1.29, 1.82) is 0 Å². The summed E-state index contributed by atoms with van der Waals surface area (Å²) in [4.78, 5) is 11.2. The molecule has 1 aliphatic heterocycles. The molecule has 1 unspecified atom stereocenters. The first kappa shape index (κ1) is 15.5. The normalized spacial score (nSPS) is 18.5. The molecule has 6 nitrogen and oxygen atoms in total. The van der Waals surface area contributed by atoms with Gasteiger partial charge in [0.25, 0.3) is 0 Å². The Morgan fingerprint density at radius 3 is 2.90 bits per heavy atom. The minimum Gasteiger partial charge on any atom is -0.384 e. The van der Waals surface area contributed by atoms with Crippen molar-refractivity contribution < 1.29 is 18.3 Å². The SMILES string of the molecule is O=C1CCC(NS(=O)(=O)c2cccc(C#CCO)c2)CN1. The van der Waals surface area contributed by atoms with Crippen LogP contribution in [-0.4, -0.2) is 38.6 Å². The van der Waals surface area contributed by atoms with Crippen LogP contribution in [-0.2, 0) is 14.8 Å². The average Bonchev–Trinajstić information content (AvgIpc) is 2.48. The van der Waals surface area contributed by atoms with Crippen LogP contribution in [0.25, 0.3) is 0 Å². The van der Waals surface area contributed by atoms with E-state index in [9.17, 15) is 13.2 Å². The molecule has 0 bridgehead atoms. The molecular weight excluding hydrogens is 292 g/mol. The topological polar surface area (TPSA) is 95.5 Å². The minimum absolute atomic E-state index is 0.0632. The largest absolute Gasteiger partial charge is 0.384 e. The van der Waals surface area contributed by atoms with Gasteiger partial charge in [0.1, 0.15) is 6.61 Å². The molecule has 0 aromatic heterocycles. The van der Waals surface area contributed by atoms with Gasteiger partial charge < -0.3 is 10.4 Å². The molecule has 0 saturated carbocycles. The first-order valence-electron chi connectivity index (χ1n) is 6.50. The second-order valence-electron chi connectivity index (χ2n) is 4.65. The van der Waals surface area contributed by atoms with Gasteiger partial charge in [-0.1, -0.05) is 17.9 Å². The third-order valence-corrected chi connectivity index (χ3v) is 4.56. The molecule has 1 fully saturated rings. The average molecular weight is 308 g/mol. The van der Waals surface area contributed by atoms with Crippen molar-refractivity contribution >= 4 is 15.9 Å². The van der Waals surface area contributed by atoms with E-state index >= 15 is 0 Å². The summed E-state index contributed by atoms with van der Waals surface area (Å²) in [6.45, 7) is 0.0130. The Morgan fingerprint density at radius 2 is 2.24 bits per heavy atom. The third-order valence-electron chi connectivity index (χ3n) is 3.04. The van der Waals surface area contributed by atoms with Crippen LogP contribution in [0.15, 0.2) is 29.2 Å². The number of nitrogens with one attached hydrogen (secondary N) is 2. The summed E-state index contributed by atoms with van der Waals surface area (Å²) in [6, 6.07) is 5.89. The van der Waals surface area contributed by atoms with Crippen molar-refractivity contribution in [2.24, 2.45) is 0 Å². The second-order valence-corrected chi connectivity index (χ2v) is 6.36. The predicted molar refractivity (Wildman–Crippen MR) is 76.8 cm³/mol. The van der Waals surface area contributed by atoms with E-state index in [-0.39, 0.29) is 23.5 Å². The molecule has 0 radical (unpaired) electrons. The molecule has 1 aliphatic rings. The zero-order valence-electron chi connectivity index (χ0n) is 11.3. The van der Waals surface area contributed by atoms with Crippen LogP contribution in [0, 0.1) is 11.8 Å². The van der Waals surface area contributed by atoms with E-state index in [0.29, 0.717) is 24.9 Å². The fraction of sp³-hybridized carbons (Fsp3) is 0.357. The number of aliphatic hydroxyl groups excluding tert-OH is 1. The molecule has 1 amide bonds. The molecule has 1 aromatic rings. The van der Waals surface area contributed by atoms with E-state index in [2.05, 4.69) is 21.9 Å². The number of carbonyl (C=O) groups excluding carboxylic acids is 1. The molecule has 112 valence electrons. The van der Waals surface area contributed by atoms with Crippen molar-refractivity contribution in [2.75, 3.05) is 13.2 Å². The van der Waals surface area contributed by atoms with E-state index in [1.54, 1.807) is 12.1 Å². The predicted octanol–water partition coefficient (Wildman–Crippen LogP) is -0.413. The van der Waals surface area contributed by atoms with E-state index in [1.165, 1.54) is 12.1 Å². The number of benzene rings is 1. The summed E-state index contributed by atoms with van der Waals surface area (Å²) < 4.78 is 27.1. The molecule has 3 N–H and O–H groups in total. The number of aliphatic hydroxyl groups is 1. The molecule has 1 heterocycles. The molecule has 0 spiro atoms. The van der Waals surface area contributed by atoms with Gasteiger partial charge in [0.05, 0.1) is 4.90 Å². The van der Waals surface area contributed by atoms with Gasteiger partial charge in [0.15, 0.2) is 0 Å². The Morgan fingerprint density at radius 1 is 1.43 bits per heavy atom. The number of hydrogen-bond donors (Lipinski definition) is 3. The number of sulfonamides is 1. The highest BCUT2D eigenvalue weighted by Gasteiger charge is 2.24. The Labute approximate surface area is 123 Å². The lowest BCUT2D eigenvalue weighted by Crippen LogP contribution is -2.47. The maximum Gasteiger partial charge on any atom is 0.240 e. The summed E-state index contributed by atoms with van der Waals surface area (Å²) >= 11 is 0. The number of hydrogen-bond acceptors (Lipinski definition) is 4. The number of carbonyl (C=O) groups is 1. The van der Waals surface area contributed by atoms with E-state index in [1.807, 2.05) is 0 Å². The van der Waals surface area contributed by atoms with Crippen LogP contribution in [0.4, 0.5) is 0 Å². The van der Waals surface area contributed by atoms with Gasteiger partial charge in [-0.25, -0.2) is 13.1 Å². The van der Waals surface area contributed by atoms with Gasteiger partial charge in [-0.15, -0.1) is 0 Å². The quantitative estimate of drug-likeness (QED) is 0.661. The van der Waals surface area contributed by atoms with Crippen molar-refractivity contribution in [3.63, 3.8) is 0 Å². The molecule has 21 heavy (non-hydrogen) atoms. The molecule has 1 atom stereocenters. The summed E-state index contributed by atoms with van der Waals surface area (Å²) in [6.07, 6.45) is 0.796. The highest BCUT2D eigenvalue weighted by Crippen LogP contribution is 2.13. The van der Waals surface area contributed by atoms with Gasteiger partial charge in [0, 0.05) is 24.6 Å². The lowest BCUT2D eigenvalue weighted by molar-refractivity contribution is -0.122. The molecule has 2 rings (SSSR count). The third kappa shape index (κ3) is 4.29. The maximum absolute atomic E-state index is 12.3. The summed E-state index contributed by atoms with van der Waals surface area (Å²) in [5.74, 6) is 5.08. The highest BCUT2D eigenvalue weighted by molar-refractivity contribution is 7.89.